The Labute approximate surface area is 102 Å². The minimum Gasteiger partial charge on any atom is -0.466 e. The fourth-order valence-corrected chi connectivity index (χ4v) is 2.13. The van der Waals surface area contributed by atoms with Gasteiger partial charge >= 0.3 is 0 Å². The number of rotatable bonds is 3. The van der Waals surface area contributed by atoms with E-state index in [0.29, 0.717) is 5.75 Å². The zero-order valence-electron chi connectivity index (χ0n) is 9.45. The van der Waals surface area contributed by atoms with Gasteiger partial charge in [-0.2, -0.15) is 0 Å². The average molecular weight is 285 g/mol. The van der Waals surface area contributed by atoms with E-state index < -0.39 is 0 Å². The lowest BCUT2D eigenvalue weighted by Crippen LogP contribution is -1.99. The SMILES string of the molecule is COCOc1cnc2c(c1)c(Br)c(C)n2C. The van der Waals surface area contributed by atoms with Crippen LogP contribution in [0.25, 0.3) is 11.0 Å². The molecule has 0 saturated heterocycles. The molecule has 2 heterocycles. The first-order valence-electron chi connectivity index (χ1n) is 4.87. The summed E-state index contributed by atoms with van der Waals surface area (Å²) in [4.78, 5) is 4.37. The second-order valence-corrected chi connectivity index (χ2v) is 4.34. The Kier molecular flexibility index (Phi) is 3.16. The molecule has 0 aliphatic heterocycles. The monoisotopic (exact) mass is 284 g/mol. The molecule has 0 radical (unpaired) electrons. The molecule has 0 spiro atoms. The van der Waals surface area contributed by atoms with Gasteiger partial charge in [-0.15, -0.1) is 0 Å². The molecule has 0 aliphatic rings. The number of pyridine rings is 1. The predicted molar refractivity (Wildman–Crippen MR) is 65.7 cm³/mol. The molecule has 2 aromatic rings. The predicted octanol–water partition coefficient (Wildman–Crippen LogP) is 2.63. The molecule has 0 amide bonds. The smallest absolute Gasteiger partial charge is 0.188 e. The number of aryl methyl sites for hydroxylation is 1. The minimum atomic E-state index is 0.233. The number of halogens is 1. The van der Waals surface area contributed by atoms with Gasteiger partial charge in [0.05, 0.1) is 6.20 Å². The maximum atomic E-state index is 5.35. The number of ether oxygens (including phenoxy) is 2. The van der Waals surface area contributed by atoms with Crippen molar-refractivity contribution in [3.63, 3.8) is 0 Å². The average Bonchev–Trinajstić information content (AvgIpc) is 2.52. The minimum absolute atomic E-state index is 0.233. The normalized spacial score (nSPS) is 11.0. The molecule has 0 atom stereocenters. The third-order valence-corrected chi connectivity index (χ3v) is 3.56. The highest BCUT2D eigenvalue weighted by atomic mass is 79.9. The molecular weight excluding hydrogens is 272 g/mol. The molecule has 0 aromatic carbocycles. The molecule has 0 N–H and O–H groups in total. The van der Waals surface area contributed by atoms with Gasteiger partial charge in [0.25, 0.3) is 0 Å². The highest BCUT2D eigenvalue weighted by Crippen LogP contribution is 2.30. The highest BCUT2D eigenvalue weighted by Gasteiger charge is 2.11. The van der Waals surface area contributed by atoms with Crippen LogP contribution in [0.3, 0.4) is 0 Å². The summed E-state index contributed by atoms with van der Waals surface area (Å²) in [6, 6.07) is 1.96. The van der Waals surface area contributed by atoms with E-state index in [1.165, 1.54) is 0 Å². The van der Waals surface area contributed by atoms with E-state index in [2.05, 4.69) is 20.9 Å². The van der Waals surface area contributed by atoms with Crippen molar-refractivity contribution in [1.82, 2.24) is 9.55 Å². The van der Waals surface area contributed by atoms with Gasteiger partial charge in [0, 0.05) is 29.7 Å². The Morgan fingerprint density at radius 3 is 2.94 bits per heavy atom. The molecule has 0 bridgehead atoms. The largest absolute Gasteiger partial charge is 0.466 e. The molecule has 0 aliphatic carbocycles. The first-order valence-corrected chi connectivity index (χ1v) is 5.66. The van der Waals surface area contributed by atoms with Gasteiger partial charge < -0.3 is 14.0 Å². The van der Waals surface area contributed by atoms with E-state index in [1.54, 1.807) is 13.3 Å². The molecule has 0 saturated carbocycles. The molecular formula is C11H13BrN2O2. The van der Waals surface area contributed by atoms with Crippen molar-refractivity contribution >= 4 is 27.0 Å². The van der Waals surface area contributed by atoms with E-state index in [1.807, 2.05) is 24.6 Å². The van der Waals surface area contributed by atoms with Crippen molar-refractivity contribution in [3.8, 4) is 5.75 Å². The fourth-order valence-electron chi connectivity index (χ4n) is 1.57. The van der Waals surface area contributed by atoms with Crippen molar-refractivity contribution < 1.29 is 9.47 Å². The number of nitrogens with zero attached hydrogens (tertiary/aromatic N) is 2. The summed E-state index contributed by atoms with van der Waals surface area (Å²) in [6.07, 6.45) is 1.70. The van der Waals surface area contributed by atoms with Crippen LogP contribution in [0.1, 0.15) is 5.69 Å². The molecule has 4 nitrogen and oxygen atoms in total. The zero-order chi connectivity index (χ0) is 11.7. The van der Waals surface area contributed by atoms with Gasteiger partial charge in [-0.25, -0.2) is 4.98 Å². The zero-order valence-corrected chi connectivity index (χ0v) is 11.0. The van der Waals surface area contributed by atoms with E-state index in [0.717, 1.165) is 21.2 Å². The Balaban J connectivity index is 2.49. The Morgan fingerprint density at radius 1 is 1.50 bits per heavy atom. The van der Waals surface area contributed by atoms with Crippen molar-refractivity contribution in [2.24, 2.45) is 7.05 Å². The van der Waals surface area contributed by atoms with E-state index in [4.69, 9.17) is 9.47 Å². The third-order valence-electron chi connectivity index (χ3n) is 2.56. The lowest BCUT2D eigenvalue weighted by Gasteiger charge is -2.04. The van der Waals surface area contributed by atoms with E-state index >= 15 is 0 Å². The first-order chi connectivity index (χ1) is 7.65. The van der Waals surface area contributed by atoms with Crippen molar-refractivity contribution in [3.05, 3.63) is 22.4 Å². The van der Waals surface area contributed by atoms with Crippen LogP contribution in [0.4, 0.5) is 0 Å². The molecule has 16 heavy (non-hydrogen) atoms. The van der Waals surface area contributed by atoms with Crippen LogP contribution in [-0.4, -0.2) is 23.5 Å². The molecule has 2 aromatic heterocycles. The van der Waals surface area contributed by atoms with Crippen LogP contribution < -0.4 is 4.74 Å². The summed E-state index contributed by atoms with van der Waals surface area (Å²) >= 11 is 3.56. The topological polar surface area (TPSA) is 36.3 Å². The maximum absolute atomic E-state index is 5.35. The Hall–Kier alpha value is -1.07. The summed E-state index contributed by atoms with van der Waals surface area (Å²) in [5, 5.41) is 1.05. The second-order valence-electron chi connectivity index (χ2n) is 3.55. The van der Waals surface area contributed by atoms with Crippen LogP contribution in [0.5, 0.6) is 5.75 Å². The van der Waals surface area contributed by atoms with Gasteiger partial charge in [0.1, 0.15) is 11.4 Å². The summed E-state index contributed by atoms with van der Waals surface area (Å²) in [6.45, 7) is 2.28. The first kappa shape index (κ1) is 11.4. The molecule has 0 fully saturated rings. The third kappa shape index (κ3) is 1.81. The van der Waals surface area contributed by atoms with Gasteiger partial charge in [-0.1, -0.05) is 0 Å². The lowest BCUT2D eigenvalue weighted by atomic mass is 10.3. The number of aromatic nitrogens is 2. The van der Waals surface area contributed by atoms with Crippen molar-refractivity contribution in [1.29, 1.82) is 0 Å². The van der Waals surface area contributed by atoms with Crippen molar-refractivity contribution in [2.45, 2.75) is 6.92 Å². The summed E-state index contributed by atoms with van der Waals surface area (Å²) in [5.41, 5.74) is 2.08. The number of hydrogen-bond donors (Lipinski definition) is 0. The quantitative estimate of drug-likeness (QED) is 0.813. The molecule has 0 unspecified atom stereocenters. The van der Waals surface area contributed by atoms with Crippen LogP contribution in [0, 0.1) is 6.92 Å². The van der Waals surface area contributed by atoms with Crippen LogP contribution in [0.15, 0.2) is 16.7 Å². The van der Waals surface area contributed by atoms with E-state index in [9.17, 15) is 0 Å². The van der Waals surface area contributed by atoms with E-state index in [-0.39, 0.29) is 6.79 Å². The number of methoxy groups -OCH3 is 1. The maximum Gasteiger partial charge on any atom is 0.188 e. The Morgan fingerprint density at radius 2 is 2.25 bits per heavy atom. The van der Waals surface area contributed by atoms with Crippen LogP contribution in [-0.2, 0) is 11.8 Å². The summed E-state index contributed by atoms with van der Waals surface area (Å²) < 4.78 is 13.3. The fraction of sp³-hybridized carbons (Fsp3) is 0.364. The van der Waals surface area contributed by atoms with Gasteiger partial charge in [-0.05, 0) is 28.9 Å². The summed E-state index contributed by atoms with van der Waals surface area (Å²) in [5.74, 6) is 0.709. The van der Waals surface area contributed by atoms with Crippen LogP contribution >= 0.6 is 15.9 Å². The highest BCUT2D eigenvalue weighted by molar-refractivity contribution is 9.10. The molecule has 5 heteroatoms. The van der Waals surface area contributed by atoms with Gasteiger partial charge in [-0.3, -0.25) is 0 Å². The molecule has 2 rings (SSSR count). The van der Waals surface area contributed by atoms with Gasteiger partial charge in [0.2, 0.25) is 0 Å². The molecule has 86 valence electrons. The Bertz CT molecular complexity index is 522. The summed E-state index contributed by atoms with van der Waals surface area (Å²) in [7, 11) is 3.58. The number of fused-ring (bicyclic) bond motifs is 1. The standard InChI is InChI=1S/C11H13BrN2O2/c1-7-10(12)9-4-8(16-6-15-3)5-13-11(9)14(7)2/h4-5H,6H2,1-3H3. The van der Waals surface area contributed by atoms with Gasteiger partial charge in [0.15, 0.2) is 6.79 Å². The van der Waals surface area contributed by atoms with Crippen LogP contribution in [0.2, 0.25) is 0 Å². The lowest BCUT2D eigenvalue weighted by molar-refractivity contribution is 0.0510. The number of hydrogen-bond acceptors (Lipinski definition) is 3. The van der Waals surface area contributed by atoms with Crippen molar-refractivity contribution in [2.75, 3.05) is 13.9 Å². The second kappa shape index (κ2) is 4.43.